The molecule has 0 heterocycles. The second-order valence-corrected chi connectivity index (χ2v) is 7.10. The summed E-state index contributed by atoms with van der Waals surface area (Å²) >= 11 is 0. The van der Waals surface area contributed by atoms with E-state index in [0.29, 0.717) is 12.0 Å². The molecule has 1 aliphatic rings. The number of hydrogen-bond donors (Lipinski definition) is 0. The van der Waals surface area contributed by atoms with Crippen molar-refractivity contribution in [2.24, 2.45) is 0 Å². The summed E-state index contributed by atoms with van der Waals surface area (Å²) in [5, 5.41) is 0. The molecule has 2 rings (SSSR count). The van der Waals surface area contributed by atoms with Gasteiger partial charge in [0.15, 0.2) is 0 Å². The summed E-state index contributed by atoms with van der Waals surface area (Å²) in [6, 6.07) is 8.83. The lowest BCUT2D eigenvalue weighted by atomic mass is 9.93. The van der Waals surface area contributed by atoms with Crippen molar-refractivity contribution in [1.82, 2.24) is 4.90 Å². The van der Waals surface area contributed by atoms with E-state index >= 15 is 0 Å². The number of carbonyl (C=O) groups excluding carboxylic acids is 1. The molecule has 1 atom stereocenters. The molecule has 0 bridgehead atoms. The van der Waals surface area contributed by atoms with Crippen LogP contribution in [-0.4, -0.2) is 23.4 Å². The molecule has 1 aromatic rings. The quantitative estimate of drug-likeness (QED) is 0.625. The van der Waals surface area contributed by atoms with Gasteiger partial charge in [0.05, 0.1) is 0 Å². The smallest absolute Gasteiger partial charge is 0.254 e. The van der Waals surface area contributed by atoms with Crippen LogP contribution in [0.1, 0.15) is 94.0 Å². The minimum atomic E-state index is 0.230. The molecule has 0 N–H and O–H groups in total. The maximum Gasteiger partial charge on any atom is 0.254 e. The van der Waals surface area contributed by atoms with Gasteiger partial charge in [-0.3, -0.25) is 4.79 Å². The highest BCUT2D eigenvalue weighted by Crippen LogP contribution is 2.25. The molecule has 0 radical (unpaired) electrons. The summed E-state index contributed by atoms with van der Waals surface area (Å²) in [4.78, 5) is 15.1. The van der Waals surface area contributed by atoms with E-state index in [0.717, 1.165) is 18.5 Å². The fraction of sp³-hybridized carbons (Fsp3) is 0.667. The molecule has 0 spiro atoms. The third-order valence-electron chi connectivity index (χ3n) is 5.19. The molecule has 128 valence electrons. The second kappa shape index (κ2) is 9.10. The van der Waals surface area contributed by atoms with E-state index in [1.165, 1.54) is 50.5 Å². The van der Waals surface area contributed by atoms with E-state index in [-0.39, 0.29) is 5.91 Å². The van der Waals surface area contributed by atoms with Crippen LogP contribution in [0.15, 0.2) is 24.3 Å². The van der Waals surface area contributed by atoms with Crippen LogP contribution < -0.4 is 0 Å². The van der Waals surface area contributed by atoms with Crippen molar-refractivity contribution in [1.29, 1.82) is 0 Å². The maximum atomic E-state index is 13.0. The van der Waals surface area contributed by atoms with Crippen LogP contribution >= 0.6 is 0 Å². The zero-order chi connectivity index (χ0) is 16.7. The maximum absolute atomic E-state index is 13.0. The first-order valence-electron chi connectivity index (χ1n) is 9.58. The highest BCUT2D eigenvalue weighted by Gasteiger charge is 2.25. The molecule has 2 nitrogen and oxygen atoms in total. The Hall–Kier alpha value is -1.31. The van der Waals surface area contributed by atoms with Crippen molar-refractivity contribution in [2.45, 2.75) is 84.1 Å². The van der Waals surface area contributed by atoms with Gasteiger partial charge < -0.3 is 4.90 Å². The van der Waals surface area contributed by atoms with Gasteiger partial charge in [0.2, 0.25) is 0 Å². The summed E-state index contributed by atoms with van der Waals surface area (Å²) in [7, 11) is 0. The predicted octanol–water partition coefficient (Wildman–Crippen LogP) is 5.78. The minimum absolute atomic E-state index is 0.230. The number of benzene rings is 1. The summed E-state index contributed by atoms with van der Waals surface area (Å²) < 4.78 is 0. The highest BCUT2D eigenvalue weighted by molar-refractivity contribution is 5.94. The fourth-order valence-corrected chi connectivity index (χ4v) is 3.80. The summed E-state index contributed by atoms with van der Waals surface area (Å²) in [6.07, 6.45) is 9.67. The van der Waals surface area contributed by atoms with Crippen molar-refractivity contribution in [3.63, 3.8) is 0 Å². The third-order valence-corrected chi connectivity index (χ3v) is 5.19. The molecule has 2 heteroatoms. The molecule has 0 aromatic heterocycles. The van der Waals surface area contributed by atoms with Crippen LogP contribution in [0.3, 0.4) is 0 Å². The van der Waals surface area contributed by atoms with Crippen LogP contribution in [0.5, 0.6) is 0 Å². The van der Waals surface area contributed by atoms with Crippen molar-refractivity contribution in [3.8, 4) is 0 Å². The highest BCUT2D eigenvalue weighted by atomic mass is 16.2. The molecule has 0 saturated heterocycles. The topological polar surface area (TPSA) is 20.3 Å². The Morgan fingerprint density at radius 1 is 1.09 bits per heavy atom. The first-order chi connectivity index (χ1) is 11.2. The van der Waals surface area contributed by atoms with Gasteiger partial charge in [-0.05, 0) is 49.3 Å². The van der Waals surface area contributed by atoms with Crippen molar-refractivity contribution < 1.29 is 4.79 Å². The normalized spacial score (nSPS) is 17.0. The minimum Gasteiger partial charge on any atom is -0.336 e. The van der Waals surface area contributed by atoms with E-state index < -0.39 is 0 Å². The van der Waals surface area contributed by atoms with Gasteiger partial charge in [-0.1, -0.05) is 58.6 Å². The summed E-state index contributed by atoms with van der Waals surface area (Å²) in [5.74, 6) is 0.808. The van der Waals surface area contributed by atoms with Crippen LogP contribution in [0.4, 0.5) is 0 Å². The molecule has 1 amide bonds. The molecule has 1 unspecified atom stereocenters. The van der Waals surface area contributed by atoms with Crippen molar-refractivity contribution >= 4 is 5.91 Å². The van der Waals surface area contributed by atoms with Crippen LogP contribution in [0.2, 0.25) is 0 Å². The molecule has 23 heavy (non-hydrogen) atoms. The number of rotatable bonds is 7. The van der Waals surface area contributed by atoms with E-state index in [9.17, 15) is 4.79 Å². The standard InChI is InChI=1S/C21H33NO/c1-4-9-17(3)18-12-14-19(15-13-18)21(23)22(16-5-2)20-10-7-6-8-11-20/h12-15,17,20H,4-11,16H2,1-3H3. The molecule has 1 aliphatic carbocycles. The van der Waals surface area contributed by atoms with Crippen LogP contribution in [0, 0.1) is 0 Å². The molecule has 1 aromatic carbocycles. The fourth-order valence-electron chi connectivity index (χ4n) is 3.80. The average molecular weight is 316 g/mol. The van der Waals surface area contributed by atoms with E-state index in [1.54, 1.807) is 0 Å². The van der Waals surface area contributed by atoms with Gasteiger partial charge in [-0.2, -0.15) is 0 Å². The van der Waals surface area contributed by atoms with E-state index in [4.69, 9.17) is 0 Å². The average Bonchev–Trinajstić information content (AvgIpc) is 2.60. The second-order valence-electron chi connectivity index (χ2n) is 7.10. The molecule has 0 aliphatic heterocycles. The zero-order valence-corrected chi connectivity index (χ0v) is 15.2. The van der Waals surface area contributed by atoms with Gasteiger partial charge in [0.1, 0.15) is 0 Å². The Morgan fingerprint density at radius 3 is 2.30 bits per heavy atom. The lowest BCUT2D eigenvalue weighted by Crippen LogP contribution is -2.41. The van der Waals surface area contributed by atoms with Gasteiger partial charge in [0, 0.05) is 18.2 Å². The van der Waals surface area contributed by atoms with E-state index in [1.807, 2.05) is 12.1 Å². The Labute approximate surface area is 142 Å². The van der Waals surface area contributed by atoms with Crippen LogP contribution in [-0.2, 0) is 0 Å². The van der Waals surface area contributed by atoms with Crippen molar-refractivity contribution in [3.05, 3.63) is 35.4 Å². The number of hydrogen-bond acceptors (Lipinski definition) is 1. The third kappa shape index (κ3) is 4.83. The molecular weight excluding hydrogens is 282 g/mol. The molecular formula is C21H33NO. The lowest BCUT2D eigenvalue weighted by molar-refractivity contribution is 0.0634. The van der Waals surface area contributed by atoms with Crippen LogP contribution in [0.25, 0.3) is 0 Å². The summed E-state index contributed by atoms with van der Waals surface area (Å²) in [6.45, 7) is 7.54. The Balaban J connectivity index is 2.09. The van der Waals surface area contributed by atoms with Gasteiger partial charge >= 0.3 is 0 Å². The van der Waals surface area contributed by atoms with Crippen molar-refractivity contribution in [2.75, 3.05) is 6.54 Å². The van der Waals surface area contributed by atoms with Gasteiger partial charge in [0.25, 0.3) is 5.91 Å². The van der Waals surface area contributed by atoms with Gasteiger partial charge in [-0.25, -0.2) is 0 Å². The first kappa shape index (κ1) is 18.0. The molecule has 1 saturated carbocycles. The number of carbonyl (C=O) groups is 1. The van der Waals surface area contributed by atoms with E-state index in [2.05, 4.69) is 37.8 Å². The number of amides is 1. The molecule has 1 fully saturated rings. The SMILES string of the molecule is CCCC(C)c1ccc(C(=O)N(CCC)C2CCCCC2)cc1. The largest absolute Gasteiger partial charge is 0.336 e. The zero-order valence-electron chi connectivity index (χ0n) is 15.2. The summed E-state index contributed by atoms with van der Waals surface area (Å²) in [5.41, 5.74) is 2.21. The Kier molecular flexibility index (Phi) is 7.14. The van der Waals surface area contributed by atoms with Gasteiger partial charge in [-0.15, -0.1) is 0 Å². The Morgan fingerprint density at radius 2 is 1.74 bits per heavy atom. The Bertz CT molecular complexity index is 473. The lowest BCUT2D eigenvalue weighted by Gasteiger charge is -2.34. The first-order valence-corrected chi connectivity index (χ1v) is 9.58. The predicted molar refractivity (Wildman–Crippen MR) is 98.0 cm³/mol. The number of nitrogens with zero attached hydrogens (tertiary/aromatic N) is 1. The monoisotopic (exact) mass is 315 g/mol.